The number of ether oxygens (including phenoxy) is 3. The van der Waals surface area contributed by atoms with Crippen LogP contribution in [0.5, 0.6) is 5.75 Å². The van der Waals surface area contributed by atoms with Crippen molar-refractivity contribution in [3.05, 3.63) is 53.5 Å². The standard InChI is InChI=1S/C18H21NO6/c1-22-11-3-10-19-17(20)16-9-8-15(25-16)12-24-14-6-4-13(5-7-14)18(21)23-2/h4-9H,3,10-12H2,1-2H3,(H,19,20). The van der Waals surface area contributed by atoms with Gasteiger partial charge >= 0.3 is 5.97 Å². The third-order valence-electron chi connectivity index (χ3n) is 3.35. The number of hydrogen-bond donors (Lipinski definition) is 1. The maximum atomic E-state index is 11.9. The predicted octanol–water partition coefficient (Wildman–Crippen LogP) is 2.41. The van der Waals surface area contributed by atoms with Gasteiger partial charge in [0.15, 0.2) is 5.76 Å². The van der Waals surface area contributed by atoms with Crippen LogP contribution in [0.15, 0.2) is 40.8 Å². The average Bonchev–Trinajstić information content (AvgIpc) is 3.12. The summed E-state index contributed by atoms with van der Waals surface area (Å²) in [6.45, 7) is 1.28. The van der Waals surface area contributed by atoms with Crippen LogP contribution in [0.4, 0.5) is 0 Å². The van der Waals surface area contributed by atoms with Crippen molar-refractivity contribution in [3.8, 4) is 5.75 Å². The van der Waals surface area contributed by atoms with E-state index in [1.165, 1.54) is 7.11 Å². The minimum absolute atomic E-state index is 0.175. The van der Waals surface area contributed by atoms with E-state index in [9.17, 15) is 9.59 Å². The molecule has 0 aliphatic carbocycles. The molecule has 0 spiro atoms. The normalized spacial score (nSPS) is 10.3. The number of nitrogens with one attached hydrogen (secondary N) is 1. The van der Waals surface area contributed by atoms with E-state index in [1.807, 2.05) is 0 Å². The molecule has 0 saturated heterocycles. The van der Waals surface area contributed by atoms with Crippen molar-refractivity contribution in [2.45, 2.75) is 13.0 Å². The topological polar surface area (TPSA) is 87.0 Å². The van der Waals surface area contributed by atoms with Gasteiger partial charge in [-0.25, -0.2) is 4.79 Å². The van der Waals surface area contributed by atoms with Gasteiger partial charge < -0.3 is 23.9 Å². The first-order chi connectivity index (χ1) is 12.1. The fourth-order valence-corrected chi connectivity index (χ4v) is 2.04. The van der Waals surface area contributed by atoms with Crippen LogP contribution in [0.3, 0.4) is 0 Å². The van der Waals surface area contributed by atoms with Crippen LogP contribution in [-0.4, -0.2) is 39.2 Å². The summed E-state index contributed by atoms with van der Waals surface area (Å²) in [4.78, 5) is 23.3. The summed E-state index contributed by atoms with van der Waals surface area (Å²) in [7, 11) is 2.94. The number of hydrogen-bond acceptors (Lipinski definition) is 6. The van der Waals surface area contributed by atoms with Crippen molar-refractivity contribution in [3.63, 3.8) is 0 Å². The smallest absolute Gasteiger partial charge is 0.337 e. The minimum atomic E-state index is -0.404. The number of amides is 1. The number of carbonyl (C=O) groups is 2. The van der Waals surface area contributed by atoms with Gasteiger partial charge in [0, 0.05) is 20.3 Å². The second kappa shape index (κ2) is 9.48. The highest BCUT2D eigenvalue weighted by Gasteiger charge is 2.11. The zero-order chi connectivity index (χ0) is 18.1. The number of esters is 1. The molecule has 2 aromatic rings. The van der Waals surface area contributed by atoms with Crippen molar-refractivity contribution < 1.29 is 28.2 Å². The lowest BCUT2D eigenvalue weighted by Gasteiger charge is -2.05. The Kier molecular flexibility index (Phi) is 7.03. The molecule has 0 aliphatic rings. The zero-order valence-electron chi connectivity index (χ0n) is 14.2. The molecule has 1 N–H and O–H groups in total. The SMILES string of the molecule is COCCCNC(=O)c1ccc(COc2ccc(C(=O)OC)cc2)o1. The second-order valence-electron chi connectivity index (χ2n) is 5.17. The van der Waals surface area contributed by atoms with Crippen molar-refractivity contribution in [1.29, 1.82) is 0 Å². The van der Waals surface area contributed by atoms with E-state index >= 15 is 0 Å². The van der Waals surface area contributed by atoms with E-state index in [-0.39, 0.29) is 18.3 Å². The predicted molar refractivity (Wildman–Crippen MR) is 89.6 cm³/mol. The largest absolute Gasteiger partial charge is 0.486 e. The third kappa shape index (κ3) is 5.65. The lowest BCUT2D eigenvalue weighted by molar-refractivity contribution is 0.0600. The molecule has 0 radical (unpaired) electrons. The van der Waals surface area contributed by atoms with Gasteiger partial charge in [-0.3, -0.25) is 4.79 Å². The highest BCUT2D eigenvalue weighted by molar-refractivity contribution is 5.91. The first-order valence-electron chi connectivity index (χ1n) is 7.81. The Hall–Kier alpha value is -2.80. The minimum Gasteiger partial charge on any atom is -0.486 e. The molecule has 2 rings (SSSR count). The van der Waals surface area contributed by atoms with Crippen LogP contribution in [-0.2, 0) is 16.1 Å². The van der Waals surface area contributed by atoms with Crippen LogP contribution >= 0.6 is 0 Å². The molecule has 25 heavy (non-hydrogen) atoms. The van der Waals surface area contributed by atoms with Crippen LogP contribution in [0.25, 0.3) is 0 Å². The van der Waals surface area contributed by atoms with Gasteiger partial charge in [0.2, 0.25) is 0 Å². The van der Waals surface area contributed by atoms with Gasteiger partial charge in [-0.1, -0.05) is 0 Å². The Balaban J connectivity index is 1.82. The molecule has 0 atom stereocenters. The number of furan rings is 1. The Morgan fingerprint density at radius 3 is 2.52 bits per heavy atom. The summed E-state index contributed by atoms with van der Waals surface area (Å²) in [5.41, 5.74) is 0.445. The van der Waals surface area contributed by atoms with Crippen molar-refractivity contribution in [2.75, 3.05) is 27.4 Å². The van der Waals surface area contributed by atoms with E-state index in [1.54, 1.807) is 43.5 Å². The first kappa shape index (κ1) is 18.5. The molecule has 1 heterocycles. The highest BCUT2D eigenvalue weighted by Crippen LogP contribution is 2.16. The Morgan fingerprint density at radius 1 is 1.08 bits per heavy atom. The molecule has 1 amide bonds. The van der Waals surface area contributed by atoms with Gasteiger partial charge in [0.05, 0.1) is 12.7 Å². The van der Waals surface area contributed by atoms with Gasteiger partial charge in [0.25, 0.3) is 5.91 Å². The second-order valence-corrected chi connectivity index (χ2v) is 5.17. The van der Waals surface area contributed by atoms with Crippen LogP contribution in [0.2, 0.25) is 0 Å². The van der Waals surface area contributed by atoms with E-state index in [0.717, 1.165) is 6.42 Å². The molecule has 0 fully saturated rings. The summed E-state index contributed by atoms with van der Waals surface area (Å²) < 4.78 is 20.6. The molecular weight excluding hydrogens is 326 g/mol. The molecule has 0 aliphatic heterocycles. The highest BCUT2D eigenvalue weighted by atomic mass is 16.5. The zero-order valence-corrected chi connectivity index (χ0v) is 14.2. The fourth-order valence-electron chi connectivity index (χ4n) is 2.04. The Morgan fingerprint density at radius 2 is 1.84 bits per heavy atom. The molecular formula is C18H21NO6. The maximum Gasteiger partial charge on any atom is 0.337 e. The number of carbonyl (C=O) groups excluding carboxylic acids is 2. The molecule has 0 bridgehead atoms. The van der Waals surface area contributed by atoms with Crippen LogP contribution in [0.1, 0.15) is 33.1 Å². The Labute approximate surface area is 145 Å². The Bertz CT molecular complexity index is 692. The monoisotopic (exact) mass is 347 g/mol. The van der Waals surface area contributed by atoms with E-state index in [2.05, 4.69) is 10.1 Å². The number of rotatable bonds is 9. The van der Waals surface area contributed by atoms with E-state index < -0.39 is 5.97 Å². The molecule has 7 heteroatoms. The quantitative estimate of drug-likeness (QED) is 0.554. The summed E-state index contributed by atoms with van der Waals surface area (Å²) in [6, 6.07) is 9.85. The summed E-state index contributed by atoms with van der Waals surface area (Å²) in [5, 5.41) is 2.75. The summed E-state index contributed by atoms with van der Waals surface area (Å²) in [6.07, 6.45) is 0.737. The summed E-state index contributed by atoms with van der Waals surface area (Å²) in [5.74, 6) is 0.661. The average molecular weight is 347 g/mol. The fraction of sp³-hybridized carbons (Fsp3) is 0.333. The van der Waals surface area contributed by atoms with E-state index in [4.69, 9.17) is 13.9 Å². The maximum absolute atomic E-state index is 11.9. The first-order valence-corrected chi connectivity index (χ1v) is 7.81. The molecule has 134 valence electrons. The van der Waals surface area contributed by atoms with Crippen LogP contribution < -0.4 is 10.1 Å². The van der Waals surface area contributed by atoms with Crippen molar-refractivity contribution in [1.82, 2.24) is 5.32 Å². The molecule has 1 aromatic heterocycles. The molecule has 7 nitrogen and oxygen atoms in total. The van der Waals surface area contributed by atoms with Crippen LogP contribution in [0, 0.1) is 0 Å². The van der Waals surface area contributed by atoms with E-state index in [0.29, 0.717) is 30.2 Å². The lowest BCUT2D eigenvalue weighted by atomic mass is 10.2. The molecule has 0 unspecified atom stereocenters. The molecule has 1 aromatic carbocycles. The van der Waals surface area contributed by atoms with Gasteiger partial charge in [-0.15, -0.1) is 0 Å². The van der Waals surface area contributed by atoms with Gasteiger partial charge in [0.1, 0.15) is 18.1 Å². The van der Waals surface area contributed by atoms with Crippen molar-refractivity contribution >= 4 is 11.9 Å². The summed E-state index contributed by atoms with van der Waals surface area (Å²) >= 11 is 0. The molecule has 0 saturated carbocycles. The van der Waals surface area contributed by atoms with Gasteiger partial charge in [-0.2, -0.15) is 0 Å². The number of methoxy groups -OCH3 is 2. The third-order valence-corrected chi connectivity index (χ3v) is 3.35. The van der Waals surface area contributed by atoms with Gasteiger partial charge in [-0.05, 0) is 42.8 Å². The lowest BCUT2D eigenvalue weighted by Crippen LogP contribution is -2.24. The van der Waals surface area contributed by atoms with Crippen molar-refractivity contribution in [2.24, 2.45) is 0 Å². The number of benzene rings is 1.